The number of carbonyl (C=O) groups excluding carboxylic acids is 1. The monoisotopic (exact) mass is 303 g/mol. The second-order valence-electron chi connectivity index (χ2n) is 3.18. The molecule has 4 heteroatoms. The van der Waals surface area contributed by atoms with Gasteiger partial charge < -0.3 is 0 Å². The van der Waals surface area contributed by atoms with Crippen molar-refractivity contribution in [2.24, 2.45) is 10.9 Å². The van der Waals surface area contributed by atoms with Crippen molar-refractivity contribution in [3.05, 3.63) is 27.1 Å². The predicted octanol–water partition coefficient (Wildman–Crippen LogP) is 2.97. The molecule has 72 valence electrons. The lowest BCUT2D eigenvalue weighted by atomic mass is 9.96. The lowest BCUT2D eigenvalue weighted by molar-refractivity contribution is 0.0958. The van der Waals surface area contributed by atoms with Gasteiger partial charge in [0.15, 0.2) is 5.78 Å². The van der Waals surface area contributed by atoms with Crippen LogP contribution in [-0.2, 0) is 0 Å². The summed E-state index contributed by atoms with van der Waals surface area (Å²) in [6, 6.07) is 2.93. The van der Waals surface area contributed by atoms with Crippen molar-refractivity contribution >= 4 is 40.3 Å². The van der Waals surface area contributed by atoms with Gasteiger partial charge in [-0.3, -0.25) is 9.79 Å². The van der Waals surface area contributed by atoms with Gasteiger partial charge >= 0.3 is 0 Å². The van der Waals surface area contributed by atoms with Crippen LogP contribution in [0.4, 0.5) is 10.1 Å². The second kappa shape index (κ2) is 3.42. The van der Waals surface area contributed by atoms with Crippen molar-refractivity contribution in [3.63, 3.8) is 0 Å². The molecule has 0 bridgehead atoms. The molecule has 14 heavy (non-hydrogen) atoms. The molecule has 0 saturated heterocycles. The van der Waals surface area contributed by atoms with E-state index in [0.29, 0.717) is 5.69 Å². The van der Waals surface area contributed by atoms with Crippen LogP contribution in [0.5, 0.6) is 0 Å². The lowest BCUT2D eigenvalue weighted by Crippen LogP contribution is -2.18. The predicted molar refractivity (Wildman–Crippen MR) is 60.8 cm³/mol. The van der Waals surface area contributed by atoms with Crippen LogP contribution in [0.1, 0.15) is 17.3 Å². The first-order valence-corrected chi connectivity index (χ1v) is 5.25. The van der Waals surface area contributed by atoms with Gasteiger partial charge in [0, 0.05) is 9.78 Å². The van der Waals surface area contributed by atoms with Crippen molar-refractivity contribution in [1.82, 2.24) is 0 Å². The summed E-state index contributed by atoms with van der Waals surface area (Å²) < 4.78 is 14.2. The fourth-order valence-electron chi connectivity index (χ4n) is 1.38. The summed E-state index contributed by atoms with van der Waals surface area (Å²) in [6.07, 6.45) is 1.56. The third-order valence-electron chi connectivity index (χ3n) is 2.17. The minimum Gasteiger partial charge on any atom is -0.293 e. The zero-order valence-electron chi connectivity index (χ0n) is 7.42. The highest BCUT2D eigenvalue weighted by molar-refractivity contribution is 14.1. The van der Waals surface area contributed by atoms with Crippen LogP contribution in [0.25, 0.3) is 0 Å². The number of fused-ring (bicyclic) bond motifs is 1. The van der Waals surface area contributed by atoms with Crippen molar-refractivity contribution in [2.75, 3.05) is 0 Å². The number of hydrogen-bond donors (Lipinski definition) is 0. The van der Waals surface area contributed by atoms with Crippen LogP contribution in [0, 0.1) is 15.3 Å². The van der Waals surface area contributed by atoms with E-state index in [1.807, 2.05) is 22.6 Å². The molecule has 1 aliphatic rings. The van der Waals surface area contributed by atoms with E-state index in [1.165, 1.54) is 6.07 Å². The standard InChI is InChI=1S/C10H7FINO/c1-5-4-13-9-7(12)3-2-6(11)8(9)10(5)14/h2-5H,1H3. The maximum absolute atomic E-state index is 13.4. The van der Waals surface area contributed by atoms with Crippen LogP contribution in [0.15, 0.2) is 17.1 Å². The van der Waals surface area contributed by atoms with Crippen LogP contribution in [-0.4, -0.2) is 12.0 Å². The van der Waals surface area contributed by atoms with Crippen LogP contribution < -0.4 is 0 Å². The third-order valence-corrected chi connectivity index (χ3v) is 3.04. The highest BCUT2D eigenvalue weighted by Crippen LogP contribution is 2.32. The third kappa shape index (κ3) is 1.37. The SMILES string of the molecule is CC1C=Nc2c(I)ccc(F)c2C1=O. The Bertz CT molecular complexity index is 442. The summed E-state index contributed by atoms with van der Waals surface area (Å²) in [5.41, 5.74) is 0.598. The second-order valence-corrected chi connectivity index (χ2v) is 4.35. The molecule has 0 radical (unpaired) electrons. The molecule has 1 unspecified atom stereocenters. The molecular weight excluding hydrogens is 296 g/mol. The van der Waals surface area contributed by atoms with E-state index in [9.17, 15) is 9.18 Å². The van der Waals surface area contributed by atoms with Gasteiger partial charge in [-0.1, -0.05) is 6.92 Å². The summed E-state index contributed by atoms with van der Waals surface area (Å²) in [7, 11) is 0. The van der Waals surface area contributed by atoms with Crippen molar-refractivity contribution in [3.8, 4) is 0 Å². The number of benzene rings is 1. The fourth-order valence-corrected chi connectivity index (χ4v) is 1.97. The summed E-state index contributed by atoms with van der Waals surface area (Å²) in [5, 5.41) is 0. The van der Waals surface area contributed by atoms with Crippen molar-refractivity contribution in [2.45, 2.75) is 6.92 Å². The number of aliphatic imine (C=N–C) groups is 1. The molecule has 0 aliphatic carbocycles. The first-order valence-electron chi connectivity index (χ1n) is 4.17. The highest BCUT2D eigenvalue weighted by Gasteiger charge is 2.25. The molecule has 0 saturated carbocycles. The maximum atomic E-state index is 13.4. The minimum absolute atomic E-state index is 0.131. The average molecular weight is 303 g/mol. The van der Waals surface area contributed by atoms with E-state index in [2.05, 4.69) is 4.99 Å². The Morgan fingerprint density at radius 3 is 2.93 bits per heavy atom. The van der Waals surface area contributed by atoms with Gasteiger partial charge in [-0.25, -0.2) is 4.39 Å². The van der Waals surface area contributed by atoms with E-state index in [1.54, 1.807) is 19.2 Å². The maximum Gasteiger partial charge on any atom is 0.176 e. The van der Waals surface area contributed by atoms with E-state index < -0.39 is 5.82 Å². The summed E-state index contributed by atoms with van der Waals surface area (Å²) in [5.74, 6) is -0.990. The first kappa shape index (κ1) is 9.76. The Kier molecular flexibility index (Phi) is 2.38. The van der Waals surface area contributed by atoms with Crippen molar-refractivity contribution < 1.29 is 9.18 Å². The number of carbonyl (C=O) groups is 1. The number of halogens is 2. The molecule has 2 rings (SSSR count). The lowest BCUT2D eigenvalue weighted by Gasteiger charge is -2.15. The molecule has 1 aliphatic heterocycles. The van der Waals surface area contributed by atoms with Gasteiger partial charge in [0.05, 0.1) is 17.2 Å². The normalized spacial score (nSPS) is 19.6. The molecule has 0 aromatic heterocycles. The molecule has 1 atom stereocenters. The van der Waals surface area contributed by atoms with Gasteiger partial charge in [-0.15, -0.1) is 0 Å². The fraction of sp³-hybridized carbons (Fsp3) is 0.200. The summed E-state index contributed by atoms with van der Waals surface area (Å²) in [4.78, 5) is 15.7. The van der Waals surface area contributed by atoms with E-state index in [-0.39, 0.29) is 17.3 Å². The Balaban J connectivity index is 2.73. The number of Topliss-reactive ketones (excluding diaryl/α,β-unsaturated/α-hetero) is 1. The Morgan fingerprint density at radius 1 is 1.50 bits per heavy atom. The number of ketones is 1. The molecular formula is C10H7FINO. The first-order chi connectivity index (χ1) is 6.61. The molecule has 2 nitrogen and oxygen atoms in total. The van der Waals surface area contributed by atoms with E-state index in [4.69, 9.17) is 0 Å². The quantitative estimate of drug-likeness (QED) is 0.678. The topological polar surface area (TPSA) is 29.4 Å². The summed E-state index contributed by atoms with van der Waals surface area (Å²) in [6.45, 7) is 1.72. The summed E-state index contributed by atoms with van der Waals surface area (Å²) >= 11 is 2.04. The zero-order valence-corrected chi connectivity index (χ0v) is 9.58. The molecule has 0 amide bonds. The molecule has 0 N–H and O–H groups in total. The van der Waals surface area contributed by atoms with Gasteiger partial charge in [0.25, 0.3) is 0 Å². The Morgan fingerprint density at radius 2 is 2.21 bits per heavy atom. The van der Waals surface area contributed by atoms with Gasteiger partial charge in [-0.2, -0.15) is 0 Å². The van der Waals surface area contributed by atoms with Crippen molar-refractivity contribution in [1.29, 1.82) is 0 Å². The molecule has 1 aromatic carbocycles. The van der Waals surface area contributed by atoms with E-state index in [0.717, 1.165) is 3.57 Å². The highest BCUT2D eigenvalue weighted by atomic mass is 127. The largest absolute Gasteiger partial charge is 0.293 e. The van der Waals surface area contributed by atoms with Gasteiger partial charge in [-0.05, 0) is 34.7 Å². The van der Waals surface area contributed by atoms with Gasteiger partial charge in [0.2, 0.25) is 0 Å². The Hall–Kier alpha value is -0.780. The van der Waals surface area contributed by atoms with Gasteiger partial charge in [0.1, 0.15) is 5.82 Å². The molecule has 1 aromatic rings. The molecule has 0 spiro atoms. The smallest absolute Gasteiger partial charge is 0.176 e. The molecule has 0 fully saturated rings. The number of rotatable bonds is 0. The van der Waals surface area contributed by atoms with Crippen LogP contribution in [0.2, 0.25) is 0 Å². The molecule has 1 heterocycles. The number of nitrogens with zero attached hydrogens (tertiary/aromatic N) is 1. The zero-order chi connectivity index (χ0) is 10.3. The average Bonchev–Trinajstić information content (AvgIpc) is 2.16. The minimum atomic E-state index is -0.478. The van der Waals surface area contributed by atoms with Crippen LogP contribution in [0.3, 0.4) is 0 Å². The van der Waals surface area contributed by atoms with Crippen LogP contribution >= 0.6 is 22.6 Å². The number of hydrogen-bond acceptors (Lipinski definition) is 2. The van der Waals surface area contributed by atoms with E-state index >= 15 is 0 Å². The Labute approximate surface area is 94.4 Å².